The van der Waals surface area contributed by atoms with Gasteiger partial charge in [-0.15, -0.1) is 0 Å². The van der Waals surface area contributed by atoms with Crippen LogP contribution in [0.5, 0.6) is 0 Å². The lowest BCUT2D eigenvalue weighted by Crippen LogP contribution is -2.58. The Labute approximate surface area is 176 Å². The molecule has 0 aliphatic heterocycles. The molecule has 164 valence electrons. The van der Waals surface area contributed by atoms with Gasteiger partial charge in [0, 0.05) is 6.42 Å². The van der Waals surface area contributed by atoms with Crippen LogP contribution in [0.25, 0.3) is 0 Å². The summed E-state index contributed by atoms with van der Waals surface area (Å²) in [5.74, 6) is 1.85. The molecule has 4 saturated carbocycles. The van der Waals surface area contributed by atoms with E-state index in [0.29, 0.717) is 48.0 Å². The molecule has 4 heteroatoms. The quantitative estimate of drug-likeness (QED) is 0.598. The van der Waals surface area contributed by atoms with Crippen molar-refractivity contribution in [3.05, 3.63) is 0 Å². The minimum atomic E-state index is -0.584. The number of fused-ring (bicyclic) bond motifs is 3. The number of hydrogen-bond acceptors (Lipinski definition) is 3. The van der Waals surface area contributed by atoms with E-state index in [-0.39, 0.29) is 11.4 Å². The normalized spacial score (nSPS) is 46.1. The molecule has 0 radical (unpaired) electrons. The fourth-order valence-corrected chi connectivity index (χ4v) is 8.63. The lowest BCUT2D eigenvalue weighted by atomic mass is 9.41. The summed E-state index contributed by atoms with van der Waals surface area (Å²) in [5.41, 5.74) is -0.0479. The highest BCUT2D eigenvalue weighted by atomic mass is 16.5. The number of carbonyl (C=O) groups is 2. The highest BCUT2D eigenvalue weighted by Gasteiger charge is 2.65. The van der Waals surface area contributed by atoms with Crippen molar-refractivity contribution in [2.45, 2.75) is 91.9 Å². The molecule has 0 amide bonds. The van der Waals surface area contributed by atoms with Crippen LogP contribution >= 0.6 is 0 Å². The number of ether oxygens (including phenoxy) is 1. The number of carboxylic acid groups (broad SMARTS) is 1. The van der Waals surface area contributed by atoms with E-state index in [2.05, 4.69) is 20.8 Å². The lowest BCUT2D eigenvalue weighted by molar-refractivity contribution is -0.181. The smallest absolute Gasteiger partial charge is 0.309 e. The first-order valence-corrected chi connectivity index (χ1v) is 12.0. The topological polar surface area (TPSA) is 63.6 Å². The molecule has 0 heterocycles. The monoisotopic (exact) mass is 404 g/mol. The first-order chi connectivity index (χ1) is 13.6. The van der Waals surface area contributed by atoms with Crippen LogP contribution in [-0.2, 0) is 14.3 Å². The van der Waals surface area contributed by atoms with Gasteiger partial charge in [0.15, 0.2) is 0 Å². The summed E-state index contributed by atoms with van der Waals surface area (Å²) < 4.78 is 5.70. The van der Waals surface area contributed by atoms with E-state index >= 15 is 0 Å². The van der Waals surface area contributed by atoms with Gasteiger partial charge in [-0.3, -0.25) is 9.59 Å². The summed E-state index contributed by atoms with van der Waals surface area (Å²) in [5, 5.41) is 10.1. The van der Waals surface area contributed by atoms with Crippen molar-refractivity contribution in [2.24, 2.45) is 45.8 Å². The average molecular weight is 405 g/mol. The molecule has 0 saturated heterocycles. The van der Waals surface area contributed by atoms with Crippen LogP contribution in [0.3, 0.4) is 0 Å². The summed E-state index contributed by atoms with van der Waals surface area (Å²) in [6.45, 7) is 9.16. The van der Waals surface area contributed by atoms with E-state index in [0.717, 1.165) is 19.3 Å². The van der Waals surface area contributed by atoms with E-state index in [9.17, 15) is 14.7 Å². The number of carboxylic acids is 1. The second kappa shape index (κ2) is 7.27. The number of esters is 1. The van der Waals surface area contributed by atoms with Gasteiger partial charge in [-0.1, -0.05) is 27.2 Å². The molecule has 7 atom stereocenters. The Morgan fingerprint density at radius 2 is 1.79 bits per heavy atom. The lowest BCUT2D eigenvalue weighted by Gasteiger charge is -2.63. The maximum absolute atomic E-state index is 12.2. The molecule has 4 aliphatic rings. The number of aliphatic carboxylic acids is 1. The molecule has 4 rings (SSSR count). The largest absolute Gasteiger partial charge is 0.481 e. The first kappa shape index (κ1) is 21.2. The summed E-state index contributed by atoms with van der Waals surface area (Å²) in [7, 11) is 0. The zero-order chi connectivity index (χ0) is 21.0. The second-order valence-corrected chi connectivity index (χ2v) is 11.9. The Bertz CT molecular complexity index is 672. The van der Waals surface area contributed by atoms with Gasteiger partial charge in [-0.2, -0.15) is 0 Å². The highest BCUT2D eigenvalue weighted by Crippen LogP contribution is 2.72. The molecule has 1 spiro atoms. The molecule has 4 aliphatic carbocycles. The predicted octanol–water partition coefficient (Wildman–Crippen LogP) is 5.69. The maximum atomic E-state index is 12.2. The van der Waals surface area contributed by atoms with Gasteiger partial charge in [-0.05, 0) is 98.7 Å². The molecule has 2 unspecified atom stereocenters. The van der Waals surface area contributed by atoms with E-state index in [1.54, 1.807) is 0 Å². The van der Waals surface area contributed by atoms with Crippen LogP contribution in [0.2, 0.25) is 0 Å². The molecular formula is C25H40O4. The van der Waals surface area contributed by atoms with Crippen molar-refractivity contribution in [1.82, 2.24) is 0 Å². The van der Waals surface area contributed by atoms with Gasteiger partial charge >= 0.3 is 11.9 Å². The predicted molar refractivity (Wildman–Crippen MR) is 112 cm³/mol. The van der Waals surface area contributed by atoms with Gasteiger partial charge in [0.1, 0.15) is 0 Å². The minimum absolute atomic E-state index is 0.0457. The fourth-order valence-electron chi connectivity index (χ4n) is 8.63. The standard InChI is InChI=1S/C25H40O4/c1-16(2)12-21(26)29-15-18-14-25-11-8-19-23(3,20(25)7-6-17(18)13-25)9-5-10-24(19,4)22(27)28/h16-20H,5-15H2,1-4H3,(H,27,28)/t17-,18?,19+,20+,23-,24-,25?/m1/s1. The Hall–Kier alpha value is -1.06. The van der Waals surface area contributed by atoms with Crippen LogP contribution in [0.15, 0.2) is 0 Å². The SMILES string of the molecule is CC(C)CC(=O)OCC1CC23CC[C@H]4[C@@](C)(CCC[C@@]4(C)C(=O)O)[C@@H]2CC[C@@H]1C3. The third-order valence-corrected chi connectivity index (χ3v) is 9.79. The average Bonchev–Trinajstić information content (AvgIpc) is 2.89. The van der Waals surface area contributed by atoms with Crippen molar-refractivity contribution in [2.75, 3.05) is 6.61 Å². The van der Waals surface area contributed by atoms with Crippen molar-refractivity contribution in [3.8, 4) is 0 Å². The Kier molecular flexibility index (Phi) is 5.31. The molecular weight excluding hydrogens is 364 g/mol. The molecule has 0 aromatic heterocycles. The zero-order valence-corrected chi connectivity index (χ0v) is 18.8. The Balaban J connectivity index is 1.51. The first-order valence-electron chi connectivity index (χ1n) is 12.0. The molecule has 4 nitrogen and oxygen atoms in total. The Morgan fingerprint density at radius 3 is 2.48 bits per heavy atom. The third-order valence-electron chi connectivity index (χ3n) is 9.79. The molecule has 4 fully saturated rings. The van der Waals surface area contributed by atoms with Gasteiger partial charge < -0.3 is 9.84 Å². The van der Waals surface area contributed by atoms with Crippen LogP contribution in [0, 0.1) is 45.8 Å². The van der Waals surface area contributed by atoms with Crippen molar-refractivity contribution in [1.29, 1.82) is 0 Å². The number of hydrogen-bond donors (Lipinski definition) is 1. The van der Waals surface area contributed by atoms with Crippen molar-refractivity contribution >= 4 is 11.9 Å². The maximum Gasteiger partial charge on any atom is 0.309 e. The molecule has 0 aromatic rings. The van der Waals surface area contributed by atoms with Gasteiger partial charge in [0.25, 0.3) is 0 Å². The van der Waals surface area contributed by atoms with E-state index < -0.39 is 11.4 Å². The number of carbonyl (C=O) groups excluding carboxylic acids is 1. The second-order valence-electron chi connectivity index (χ2n) is 11.9. The zero-order valence-electron chi connectivity index (χ0n) is 18.8. The van der Waals surface area contributed by atoms with Crippen LogP contribution in [0.4, 0.5) is 0 Å². The van der Waals surface area contributed by atoms with E-state index in [4.69, 9.17) is 4.74 Å². The van der Waals surface area contributed by atoms with Crippen molar-refractivity contribution in [3.63, 3.8) is 0 Å². The van der Waals surface area contributed by atoms with E-state index in [1.807, 2.05) is 6.92 Å². The van der Waals surface area contributed by atoms with Crippen LogP contribution in [-0.4, -0.2) is 23.7 Å². The third kappa shape index (κ3) is 3.33. The Morgan fingerprint density at radius 1 is 1.03 bits per heavy atom. The van der Waals surface area contributed by atoms with Gasteiger partial charge in [0.2, 0.25) is 0 Å². The van der Waals surface area contributed by atoms with Gasteiger partial charge in [-0.25, -0.2) is 0 Å². The molecule has 29 heavy (non-hydrogen) atoms. The summed E-state index contributed by atoms with van der Waals surface area (Å²) in [6.07, 6.45) is 10.7. The van der Waals surface area contributed by atoms with Gasteiger partial charge in [0.05, 0.1) is 12.0 Å². The molecule has 0 aromatic carbocycles. The summed E-state index contributed by atoms with van der Waals surface area (Å²) in [6, 6.07) is 0. The van der Waals surface area contributed by atoms with Crippen molar-refractivity contribution < 1.29 is 19.4 Å². The number of rotatable bonds is 5. The summed E-state index contributed by atoms with van der Waals surface area (Å²) in [4.78, 5) is 24.3. The fraction of sp³-hybridized carbons (Fsp3) is 0.920. The molecule has 2 bridgehead atoms. The molecule has 1 N–H and O–H groups in total. The van der Waals surface area contributed by atoms with Crippen LogP contribution < -0.4 is 0 Å². The minimum Gasteiger partial charge on any atom is -0.481 e. The van der Waals surface area contributed by atoms with E-state index in [1.165, 1.54) is 38.5 Å². The van der Waals surface area contributed by atoms with Crippen LogP contribution in [0.1, 0.15) is 91.9 Å². The highest BCUT2D eigenvalue weighted by molar-refractivity contribution is 5.75. The summed E-state index contributed by atoms with van der Waals surface area (Å²) >= 11 is 0.